The molecule has 3 aromatic carbocycles. The van der Waals surface area contributed by atoms with Gasteiger partial charge in [0.25, 0.3) is 0 Å². The summed E-state index contributed by atoms with van der Waals surface area (Å²) in [4.78, 5) is 2.27. The normalized spacial score (nSPS) is 11.4. The highest BCUT2D eigenvalue weighted by molar-refractivity contribution is 5.41. The highest BCUT2D eigenvalue weighted by atomic mass is 16.5. The number of rotatable bonds is 7. The van der Waals surface area contributed by atoms with Gasteiger partial charge in [0.1, 0.15) is 11.5 Å². The Kier molecular flexibility index (Phi) is 7.33. The van der Waals surface area contributed by atoms with Gasteiger partial charge in [0, 0.05) is 23.7 Å². The number of nitrogens with zero attached hydrogens (tertiary/aromatic N) is 1. The van der Waals surface area contributed by atoms with E-state index in [4.69, 9.17) is 9.47 Å². The minimum Gasteiger partial charge on any atom is -0.497 e. The fourth-order valence-electron chi connectivity index (χ4n) is 3.20. The Morgan fingerprint density at radius 1 is 0.862 bits per heavy atom. The SMILES string of the molecule is COc1ccc(CN(C)C(C#Cc2ccccc2)Cc2ccccc2)c(OC)c1. The third-order valence-electron chi connectivity index (χ3n) is 4.87. The van der Waals surface area contributed by atoms with Gasteiger partial charge in [-0.25, -0.2) is 0 Å². The minimum atomic E-state index is 0.0735. The van der Waals surface area contributed by atoms with E-state index in [-0.39, 0.29) is 6.04 Å². The Morgan fingerprint density at radius 2 is 1.55 bits per heavy atom. The van der Waals surface area contributed by atoms with E-state index in [0.717, 1.165) is 35.6 Å². The van der Waals surface area contributed by atoms with Gasteiger partial charge in [-0.15, -0.1) is 0 Å². The largest absolute Gasteiger partial charge is 0.497 e. The quantitative estimate of drug-likeness (QED) is 0.546. The van der Waals surface area contributed by atoms with E-state index in [1.54, 1.807) is 14.2 Å². The van der Waals surface area contributed by atoms with E-state index in [2.05, 4.69) is 54.1 Å². The van der Waals surface area contributed by atoms with Gasteiger partial charge in [0.15, 0.2) is 0 Å². The van der Waals surface area contributed by atoms with E-state index in [9.17, 15) is 0 Å². The molecule has 3 heteroatoms. The van der Waals surface area contributed by atoms with Crippen LogP contribution in [0.2, 0.25) is 0 Å². The Labute approximate surface area is 173 Å². The monoisotopic (exact) mass is 385 g/mol. The van der Waals surface area contributed by atoms with E-state index < -0.39 is 0 Å². The Bertz CT molecular complexity index is 958. The zero-order valence-corrected chi connectivity index (χ0v) is 17.3. The van der Waals surface area contributed by atoms with Crippen LogP contribution in [-0.2, 0) is 13.0 Å². The maximum absolute atomic E-state index is 5.57. The van der Waals surface area contributed by atoms with Crippen LogP contribution in [0, 0.1) is 11.8 Å². The van der Waals surface area contributed by atoms with E-state index >= 15 is 0 Å². The molecule has 0 amide bonds. The van der Waals surface area contributed by atoms with Crippen LogP contribution in [0.4, 0.5) is 0 Å². The molecule has 0 N–H and O–H groups in total. The van der Waals surface area contributed by atoms with Crippen molar-refractivity contribution in [3.05, 3.63) is 95.6 Å². The first-order valence-corrected chi connectivity index (χ1v) is 9.71. The first-order chi connectivity index (χ1) is 14.2. The Hall–Kier alpha value is -3.22. The number of methoxy groups -OCH3 is 2. The highest BCUT2D eigenvalue weighted by Crippen LogP contribution is 2.26. The lowest BCUT2D eigenvalue weighted by molar-refractivity contribution is 0.274. The molecule has 0 aliphatic heterocycles. The van der Waals surface area contributed by atoms with Gasteiger partial charge in [-0.3, -0.25) is 4.90 Å². The van der Waals surface area contributed by atoms with Crippen molar-refractivity contribution in [3.63, 3.8) is 0 Å². The smallest absolute Gasteiger partial charge is 0.127 e. The van der Waals surface area contributed by atoms with Crippen molar-refractivity contribution in [2.45, 2.75) is 19.0 Å². The summed E-state index contributed by atoms with van der Waals surface area (Å²) in [5, 5.41) is 0. The molecule has 0 radical (unpaired) electrons. The fourth-order valence-corrected chi connectivity index (χ4v) is 3.20. The molecular formula is C26H27NO2. The molecule has 0 saturated carbocycles. The first-order valence-electron chi connectivity index (χ1n) is 9.71. The van der Waals surface area contributed by atoms with Gasteiger partial charge in [-0.05, 0) is 37.2 Å². The van der Waals surface area contributed by atoms with E-state index in [1.807, 2.05) is 48.5 Å². The van der Waals surface area contributed by atoms with Crippen LogP contribution in [0.5, 0.6) is 11.5 Å². The lowest BCUT2D eigenvalue weighted by Crippen LogP contribution is -2.32. The van der Waals surface area contributed by atoms with Crippen molar-refractivity contribution >= 4 is 0 Å². The molecule has 3 aromatic rings. The summed E-state index contributed by atoms with van der Waals surface area (Å²) in [5.41, 5.74) is 3.41. The molecule has 0 saturated heterocycles. The van der Waals surface area contributed by atoms with Crippen LogP contribution in [0.25, 0.3) is 0 Å². The van der Waals surface area contributed by atoms with E-state index in [0.29, 0.717) is 0 Å². The van der Waals surface area contributed by atoms with Gasteiger partial charge in [-0.2, -0.15) is 0 Å². The standard InChI is InChI=1S/C26H27NO2/c1-27(20-23-15-17-25(28-2)19-26(23)29-3)24(18-22-12-8-5-9-13-22)16-14-21-10-6-4-7-11-21/h4-13,15,17,19,24H,18,20H2,1-3H3. The van der Waals surface area contributed by atoms with Crippen LogP contribution < -0.4 is 9.47 Å². The number of hydrogen-bond acceptors (Lipinski definition) is 3. The van der Waals surface area contributed by atoms with Gasteiger partial charge >= 0.3 is 0 Å². The molecule has 1 unspecified atom stereocenters. The maximum Gasteiger partial charge on any atom is 0.127 e. The molecule has 148 valence electrons. The molecule has 0 bridgehead atoms. The van der Waals surface area contributed by atoms with Crippen LogP contribution in [0.1, 0.15) is 16.7 Å². The topological polar surface area (TPSA) is 21.7 Å². The number of ether oxygens (including phenoxy) is 2. The van der Waals surface area contributed by atoms with Crippen molar-refractivity contribution in [3.8, 4) is 23.3 Å². The molecular weight excluding hydrogens is 358 g/mol. The van der Waals surface area contributed by atoms with Gasteiger partial charge < -0.3 is 9.47 Å². The predicted octanol–water partition coefficient (Wildman–Crippen LogP) is 4.80. The summed E-state index contributed by atoms with van der Waals surface area (Å²) >= 11 is 0. The maximum atomic E-state index is 5.57. The molecule has 0 fully saturated rings. The molecule has 0 spiro atoms. The van der Waals surface area contributed by atoms with Crippen LogP contribution in [0.15, 0.2) is 78.9 Å². The second-order valence-electron chi connectivity index (χ2n) is 6.93. The first kappa shape index (κ1) is 20.5. The number of likely N-dealkylation sites (N-methyl/N-ethyl adjacent to an activating group) is 1. The molecule has 3 nitrogen and oxygen atoms in total. The summed E-state index contributed by atoms with van der Waals surface area (Å²) in [5.74, 6) is 8.43. The lowest BCUT2D eigenvalue weighted by Gasteiger charge is -2.25. The van der Waals surface area contributed by atoms with Gasteiger partial charge in [0.05, 0.1) is 20.3 Å². The zero-order valence-electron chi connectivity index (χ0n) is 17.3. The van der Waals surface area contributed by atoms with Crippen molar-refractivity contribution in [2.24, 2.45) is 0 Å². The summed E-state index contributed by atoms with van der Waals surface area (Å²) in [6.07, 6.45) is 0.857. The highest BCUT2D eigenvalue weighted by Gasteiger charge is 2.16. The summed E-state index contributed by atoms with van der Waals surface area (Å²) in [6, 6.07) is 26.6. The lowest BCUT2D eigenvalue weighted by atomic mass is 10.0. The van der Waals surface area contributed by atoms with Crippen LogP contribution in [-0.4, -0.2) is 32.2 Å². The van der Waals surface area contributed by atoms with Crippen molar-refractivity contribution in [1.82, 2.24) is 4.90 Å². The molecule has 0 aromatic heterocycles. The number of hydrogen-bond donors (Lipinski definition) is 0. The minimum absolute atomic E-state index is 0.0735. The zero-order chi connectivity index (χ0) is 20.5. The summed E-state index contributed by atoms with van der Waals surface area (Å²) in [7, 11) is 5.46. The van der Waals surface area contributed by atoms with E-state index in [1.165, 1.54) is 5.56 Å². The fraction of sp³-hybridized carbons (Fsp3) is 0.231. The molecule has 0 aliphatic carbocycles. The van der Waals surface area contributed by atoms with Crippen molar-refractivity contribution in [1.29, 1.82) is 0 Å². The number of benzene rings is 3. The third-order valence-corrected chi connectivity index (χ3v) is 4.87. The molecule has 1 atom stereocenters. The summed E-state index contributed by atoms with van der Waals surface area (Å²) < 4.78 is 10.9. The second-order valence-corrected chi connectivity index (χ2v) is 6.93. The van der Waals surface area contributed by atoms with Crippen molar-refractivity contribution < 1.29 is 9.47 Å². The van der Waals surface area contributed by atoms with Crippen molar-refractivity contribution in [2.75, 3.05) is 21.3 Å². The molecule has 3 rings (SSSR count). The summed E-state index contributed by atoms with van der Waals surface area (Å²) in [6.45, 7) is 0.730. The van der Waals surface area contributed by atoms with Crippen LogP contribution in [0.3, 0.4) is 0 Å². The average Bonchev–Trinajstić information content (AvgIpc) is 2.78. The average molecular weight is 386 g/mol. The third kappa shape index (κ3) is 5.88. The second kappa shape index (κ2) is 10.4. The molecule has 29 heavy (non-hydrogen) atoms. The van der Waals surface area contributed by atoms with Gasteiger partial charge in [-0.1, -0.05) is 66.4 Å². The van der Waals surface area contributed by atoms with Crippen LogP contribution >= 0.6 is 0 Å². The Balaban J connectivity index is 1.84. The Morgan fingerprint density at radius 3 is 2.21 bits per heavy atom. The molecule has 0 aliphatic rings. The van der Waals surface area contributed by atoms with Gasteiger partial charge in [0.2, 0.25) is 0 Å². The predicted molar refractivity (Wildman–Crippen MR) is 118 cm³/mol. The molecule has 0 heterocycles.